The van der Waals surface area contributed by atoms with Gasteiger partial charge in [0.25, 0.3) is 0 Å². The minimum absolute atomic E-state index is 0.245. The lowest BCUT2D eigenvalue weighted by Gasteiger charge is -2.23. The lowest BCUT2D eigenvalue weighted by atomic mass is 9.80. The number of aryl methyl sites for hydroxylation is 2. The summed E-state index contributed by atoms with van der Waals surface area (Å²) in [6.07, 6.45) is 0. The molecule has 0 aromatic heterocycles. The molecule has 0 saturated carbocycles. The minimum atomic E-state index is -0.534. The molecule has 0 atom stereocenters. The lowest BCUT2D eigenvalue weighted by molar-refractivity contribution is 0.0444. The largest absolute Gasteiger partial charge is 0.386 e. The van der Waals surface area contributed by atoms with Gasteiger partial charge >= 0.3 is 11.9 Å². The summed E-state index contributed by atoms with van der Waals surface area (Å²) in [6.45, 7) is 8.36. The topological polar surface area (TPSA) is 43.4 Å². The third-order valence-electron chi connectivity index (χ3n) is 5.97. The van der Waals surface area contributed by atoms with Crippen molar-refractivity contribution in [1.82, 2.24) is 0 Å². The Labute approximate surface area is 151 Å². The molecule has 3 aromatic carbocycles. The quantitative estimate of drug-likeness (QED) is 0.423. The molecular formula is C23H18O3. The molecule has 0 radical (unpaired) electrons. The van der Waals surface area contributed by atoms with E-state index in [-0.39, 0.29) is 5.41 Å². The van der Waals surface area contributed by atoms with Gasteiger partial charge in [0.05, 0.1) is 11.1 Å². The van der Waals surface area contributed by atoms with Crippen LogP contribution in [0, 0.1) is 13.8 Å². The molecular weight excluding hydrogens is 324 g/mol. The van der Waals surface area contributed by atoms with Crippen LogP contribution in [0.15, 0.2) is 36.4 Å². The molecule has 0 N–H and O–H groups in total. The second-order valence-corrected chi connectivity index (χ2v) is 7.83. The Kier molecular flexibility index (Phi) is 2.72. The molecule has 0 amide bonds. The molecule has 1 aliphatic heterocycles. The average Bonchev–Trinajstić information content (AvgIpc) is 3.01. The van der Waals surface area contributed by atoms with E-state index in [4.69, 9.17) is 4.74 Å². The van der Waals surface area contributed by atoms with E-state index in [1.807, 2.05) is 19.1 Å². The number of rotatable bonds is 0. The Morgan fingerprint density at radius 3 is 2.04 bits per heavy atom. The maximum absolute atomic E-state index is 12.6. The number of benzene rings is 3. The van der Waals surface area contributed by atoms with Crippen LogP contribution in [0.3, 0.4) is 0 Å². The molecule has 0 unspecified atom stereocenters. The smallest absolute Gasteiger partial charge is 0.347 e. The van der Waals surface area contributed by atoms with Crippen molar-refractivity contribution in [2.75, 3.05) is 0 Å². The van der Waals surface area contributed by atoms with Crippen LogP contribution in [0.25, 0.3) is 21.9 Å². The van der Waals surface area contributed by atoms with Crippen LogP contribution < -0.4 is 0 Å². The Hall–Kier alpha value is -2.94. The second-order valence-electron chi connectivity index (χ2n) is 7.83. The first-order valence-corrected chi connectivity index (χ1v) is 8.80. The van der Waals surface area contributed by atoms with E-state index >= 15 is 0 Å². The van der Waals surface area contributed by atoms with Crippen LogP contribution in [0.1, 0.15) is 56.8 Å². The van der Waals surface area contributed by atoms with Crippen molar-refractivity contribution in [3.63, 3.8) is 0 Å². The van der Waals surface area contributed by atoms with Gasteiger partial charge in [0.2, 0.25) is 0 Å². The maximum atomic E-state index is 12.6. The van der Waals surface area contributed by atoms with Gasteiger partial charge in [-0.2, -0.15) is 0 Å². The fraction of sp³-hybridized carbons (Fsp3) is 0.217. The third-order valence-corrected chi connectivity index (χ3v) is 5.97. The molecule has 1 aliphatic carbocycles. The summed E-state index contributed by atoms with van der Waals surface area (Å²) in [7, 11) is 0. The average molecular weight is 342 g/mol. The van der Waals surface area contributed by atoms with Gasteiger partial charge in [-0.15, -0.1) is 0 Å². The molecule has 0 fully saturated rings. The number of esters is 2. The van der Waals surface area contributed by atoms with Crippen molar-refractivity contribution >= 4 is 22.7 Å². The van der Waals surface area contributed by atoms with Gasteiger partial charge in [0.1, 0.15) is 0 Å². The number of hydrogen-bond acceptors (Lipinski definition) is 3. The minimum Gasteiger partial charge on any atom is -0.386 e. The number of hydrogen-bond donors (Lipinski definition) is 0. The SMILES string of the molecule is Cc1cc2c(c3c1C(=O)OC3=O)-c1c(cc(C)c3ccccc13)C2(C)C. The molecule has 3 aromatic rings. The summed E-state index contributed by atoms with van der Waals surface area (Å²) in [5.41, 5.74) is 6.85. The van der Waals surface area contributed by atoms with Crippen LogP contribution in [-0.4, -0.2) is 11.9 Å². The van der Waals surface area contributed by atoms with Gasteiger partial charge < -0.3 is 4.74 Å². The van der Waals surface area contributed by atoms with E-state index in [1.54, 1.807) is 0 Å². The molecule has 2 aliphatic rings. The van der Waals surface area contributed by atoms with Crippen LogP contribution in [-0.2, 0) is 10.2 Å². The molecule has 26 heavy (non-hydrogen) atoms. The summed E-state index contributed by atoms with van der Waals surface area (Å²) in [6, 6.07) is 12.5. The Bertz CT molecular complexity index is 1180. The number of carbonyl (C=O) groups is 2. The van der Waals surface area contributed by atoms with Crippen molar-refractivity contribution in [1.29, 1.82) is 0 Å². The summed E-state index contributed by atoms with van der Waals surface area (Å²) >= 11 is 0. The van der Waals surface area contributed by atoms with Gasteiger partial charge in [-0.3, -0.25) is 0 Å². The maximum Gasteiger partial charge on any atom is 0.347 e. The second kappa shape index (κ2) is 4.61. The summed E-state index contributed by atoms with van der Waals surface area (Å²) in [5, 5.41) is 2.29. The molecule has 0 saturated heterocycles. The molecule has 5 rings (SSSR count). The molecule has 0 bridgehead atoms. The number of fused-ring (bicyclic) bond motifs is 7. The molecule has 1 heterocycles. The third kappa shape index (κ3) is 1.63. The Morgan fingerprint density at radius 1 is 0.731 bits per heavy atom. The van der Waals surface area contributed by atoms with Crippen molar-refractivity contribution in [3.8, 4) is 11.1 Å². The van der Waals surface area contributed by atoms with Crippen molar-refractivity contribution in [2.24, 2.45) is 0 Å². The molecule has 128 valence electrons. The molecule has 3 heteroatoms. The zero-order valence-corrected chi connectivity index (χ0v) is 15.2. The highest BCUT2D eigenvalue weighted by molar-refractivity contribution is 6.21. The fourth-order valence-corrected chi connectivity index (χ4v) is 4.69. The normalized spacial score (nSPS) is 16.5. The zero-order chi connectivity index (χ0) is 18.4. The van der Waals surface area contributed by atoms with Crippen molar-refractivity contribution < 1.29 is 14.3 Å². The zero-order valence-electron chi connectivity index (χ0n) is 15.2. The van der Waals surface area contributed by atoms with E-state index in [1.165, 1.54) is 16.5 Å². The summed E-state index contributed by atoms with van der Waals surface area (Å²) in [4.78, 5) is 24.8. The standard InChI is InChI=1S/C23H18O3/c1-11-9-15-18(14-8-6-5-7-13(11)14)19-16(23(15,3)4)10-12(2)17-20(19)22(25)26-21(17)24/h5-10H,1-4H3. The predicted molar refractivity (Wildman–Crippen MR) is 101 cm³/mol. The van der Waals surface area contributed by atoms with Gasteiger partial charge in [0.15, 0.2) is 0 Å². The van der Waals surface area contributed by atoms with Crippen LogP contribution in [0.2, 0.25) is 0 Å². The first-order chi connectivity index (χ1) is 12.3. The summed E-state index contributed by atoms with van der Waals surface area (Å²) in [5.74, 6) is -1.06. The Balaban J connectivity index is 2.05. The van der Waals surface area contributed by atoms with Crippen molar-refractivity contribution in [3.05, 3.63) is 69.8 Å². The predicted octanol–water partition coefficient (Wildman–Crippen LogP) is 5.07. The van der Waals surface area contributed by atoms with Crippen LogP contribution >= 0.6 is 0 Å². The molecule has 3 nitrogen and oxygen atoms in total. The number of ether oxygens (including phenoxy) is 1. The highest BCUT2D eigenvalue weighted by Crippen LogP contribution is 2.54. The Morgan fingerprint density at radius 2 is 1.31 bits per heavy atom. The number of cyclic esters (lactones) is 2. The highest BCUT2D eigenvalue weighted by atomic mass is 16.6. The number of carbonyl (C=O) groups excluding carboxylic acids is 2. The van der Waals surface area contributed by atoms with Gasteiger partial charge in [-0.25, -0.2) is 9.59 Å². The van der Waals surface area contributed by atoms with Gasteiger partial charge in [0, 0.05) is 11.0 Å². The molecule has 0 spiro atoms. The van der Waals surface area contributed by atoms with Crippen LogP contribution in [0.5, 0.6) is 0 Å². The van der Waals surface area contributed by atoms with Crippen LogP contribution in [0.4, 0.5) is 0 Å². The van der Waals surface area contributed by atoms with Gasteiger partial charge in [-0.1, -0.05) is 50.2 Å². The van der Waals surface area contributed by atoms with E-state index in [0.717, 1.165) is 27.6 Å². The van der Waals surface area contributed by atoms with E-state index in [0.29, 0.717) is 11.1 Å². The first kappa shape index (κ1) is 15.3. The highest BCUT2D eigenvalue weighted by Gasteiger charge is 2.44. The van der Waals surface area contributed by atoms with E-state index in [9.17, 15) is 9.59 Å². The lowest BCUT2D eigenvalue weighted by Crippen LogP contribution is -2.16. The fourth-order valence-electron chi connectivity index (χ4n) is 4.69. The van der Waals surface area contributed by atoms with Gasteiger partial charge in [-0.05, 0) is 52.4 Å². The first-order valence-electron chi connectivity index (χ1n) is 8.80. The van der Waals surface area contributed by atoms with E-state index in [2.05, 4.69) is 45.0 Å². The monoisotopic (exact) mass is 342 g/mol. The van der Waals surface area contributed by atoms with E-state index < -0.39 is 11.9 Å². The van der Waals surface area contributed by atoms with Crippen molar-refractivity contribution in [2.45, 2.75) is 33.1 Å². The summed E-state index contributed by atoms with van der Waals surface area (Å²) < 4.78 is 4.98.